The van der Waals surface area contributed by atoms with Gasteiger partial charge in [0.25, 0.3) is 0 Å². The summed E-state index contributed by atoms with van der Waals surface area (Å²) in [6, 6.07) is 0. The van der Waals surface area contributed by atoms with E-state index in [9.17, 15) is 4.79 Å². The van der Waals surface area contributed by atoms with Crippen LogP contribution in [0.4, 0.5) is 0 Å². The Morgan fingerprint density at radius 3 is 2.43 bits per heavy atom. The summed E-state index contributed by atoms with van der Waals surface area (Å²) < 4.78 is 4.75. The summed E-state index contributed by atoms with van der Waals surface area (Å²) in [7, 11) is 3.39. The molecule has 0 aromatic carbocycles. The first-order valence-corrected chi connectivity index (χ1v) is 5.23. The molecule has 1 atom stereocenters. The van der Waals surface area contributed by atoms with E-state index >= 15 is 0 Å². The van der Waals surface area contributed by atoms with Crippen molar-refractivity contribution in [2.24, 2.45) is 5.41 Å². The van der Waals surface area contributed by atoms with Crippen molar-refractivity contribution in [1.29, 1.82) is 0 Å². The van der Waals surface area contributed by atoms with Gasteiger partial charge in [0.2, 0.25) is 0 Å². The van der Waals surface area contributed by atoms with Crippen LogP contribution in [0.25, 0.3) is 0 Å². The van der Waals surface area contributed by atoms with E-state index < -0.39 is 0 Å². The molecular weight excluding hydrogens is 178 g/mol. The van der Waals surface area contributed by atoms with Gasteiger partial charge in [0, 0.05) is 5.54 Å². The van der Waals surface area contributed by atoms with Crippen molar-refractivity contribution >= 4 is 5.97 Å². The minimum atomic E-state index is -0.116. The average Bonchev–Trinajstić information content (AvgIpc) is 2.42. The van der Waals surface area contributed by atoms with E-state index in [4.69, 9.17) is 4.74 Å². The predicted molar refractivity (Wildman–Crippen MR) is 56.1 cm³/mol. The van der Waals surface area contributed by atoms with Crippen molar-refractivity contribution in [1.82, 2.24) is 5.32 Å². The molecule has 0 spiro atoms. The molecule has 0 amide bonds. The molecule has 1 rings (SSSR count). The number of carbonyl (C=O) groups is 1. The van der Waals surface area contributed by atoms with Gasteiger partial charge in [0.1, 0.15) is 0 Å². The van der Waals surface area contributed by atoms with Crippen molar-refractivity contribution in [3.05, 3.63) is 0 Å². The number of carbonyl (C=O) groups excluding carboxylic acids is 1. The van der Waals surface area contributed by atoms with Gasteiger partial charge >= 0.3 is 5.97 Å². The van der Waals surface area contributed by atoms with Gasteiger partial charge in [0.15, 0.2) is 0 Å². The largest absolute Gasteiger partial charge is 0.469 e. The number of methoxy groups -OCH3 is 1. The van der Waals surface area contributed by atoms with Gasteiger partial charge in [-0.05, 0) is 25.3 Å². The maximum absolute atomic E-state index is 11.4. The topological polar surface area (TPSA) is 38.3 Å². The lowest BCUT2D eigenvalue weighted by atomic mass is 9.73. The van der Waals surface area contributed by atoms with Crippen LogP contribution in [0.3, 0.4) is 0 Å². The van der Waals surface area contributed by atoms with Crippen molar-refractivity contribution in [2.45, 2.75) is 45.1 Å². The van der Waals surface area contributed by atoms with E-state index in [0.717, 1.165) is 6.42 Å². The Morgan fingerprint density at radius 2 is 2.07 bits per heavy atom. The molecular formula is C11H21NO2. The Kier molecular flexibility index (Phi) is 3.20. The van der Waals surface area contributed by atoms with Crippen LogP contribution in [0, 0.1) is 5.41 Å². The summed E-state index contributed by atoms with van der Waals surface area (Å²) >= 11 is 0. The van der Waals surface area contributed by atoms with Crippen molar-refractivity contribution in [3.8, 4) is 0 Å². The van der Waals surface area contributed by atoms with E-state index in [1.54, 1.807) is 0 Å². The minimum Gasteiger partial charge on any atom is -0.469 e. The third kappa shape index (κ3) is 1.78. The van der Waals surface area contributed by atoms with E-state index in [1.165, 1.54) is 20.0 Å². The van der Waals surface area contributed by atoms with Crippen LogP contribution in [-0.2, 0) is 9.53 Å². The summed E-state index contributed by atoms with van der Waals surface area (Å²) in [6.45, 7) is 4.44. The molecule has 82 valence electrons. The molecule has 14 heavy (non-hydrogen) atoms. The second kappa shape index (κ2) is 3.89. The molecule has 0 radical (unpaired) electrons. The standard InChI is InChI=1S/C11H21NO2/c1-10(2)6-5-7-11(10,12-3)8-9(13)14-4/h12H,5-8H2,1-4H3. The molecule has 1 aliphatic rings. The fourth-order valence-corrected chi connectivity index (χ4v) is 2.61. The highest BCUT2D eigenvalue weighted by atomic mass is 16.5. The first-order valence-electron chi connectivity index (χ1n) is 5.23. The van der Waals surface area contributed by atoms with Gasteiger partial charge in [-0.25, -0.2) is 0 Å². The van der Waals surface area contributed by atoms with Crippen molar-refractivity contribution in [3.63, 3.8) is 0 Å². The van der Waals surface area contributed by atoms with E-state index in [-0.39, 0.29) is 16.9 Å². The van der Waals surface area contributed by atoms with Gasteiger partial charge in [-0.1, -0.05) is 20.3 Å². The maximum atomic E-state index is 11.4. The van der Waals surface area contributed by atoms with Gasteiger partial charge in [-0.3, -0.25) is 4.79 Å². The van der Waals surface area contributed by atoms with Gasteiger partial charge in [-0.2, -0.15) is 0 Å². The second-order valence-corrected chi connectivity index (χ2v) is 4.82. The maximum Gasteiger partial charge on any atom is 0.307 e. The number of rotatable bonds is 3. The molecule has 3 heteroatoms. The van der Waals surface area contributed by atoms with Crippen LogP contribution in [0.5, 0.6) is 0 Å². The van der Waals surface area contributed by atoms with Crippen LogP contribution in [-0.4, -0.2) is 25.7 Å². The Hall–Kier alpha value is -0.570. The van der Waals surface area contributed by atoms with Crippen LogP contribution in [0.1, 0.15) is 39.5 Å². The van der Waals surface area contributed by atoms with Crippen LogP contribution in [0.15, 0.2) is 0 Å². The molecule has 0 aliphatic heterocycles. The lowest BCUT2D eigenvalue weighted by molar-refractivity contribution is -0.143. The summed E-state index contributed by atoms with van der Waals surface area (Å²) in [5.74, 6) is -0.116. The number of esters is 1. The predicted octanol–water partition coefficient (Wildman–Crippen LogP) is 1.72. The monoisotopic (exact) mass is 199 g/mol. The molecule has 1 saturated carbocycles. The van der Waals surface area contributed by atoms with Crippen molar-refractivity contribution in [2.75, 3.05) is 14.2 Å². The highest BCUT2D eigenvalue weighted by Gasteiger charge is 2.48. The first-order chi connectivity index (χ1) is 6.47. The molecule has 0 aromatic heterocycles. The molecule has 0 aromatic rings. The SMILES string of the molecule is CNC1(CC(=O)OC)CCCC1(C)C. The molecule has 3 nitrogen and oxygen atoms in total. The summed E-state index contributed by atoms with van der Waals surface area (Å²) in [4.78, 5) is 11.4. The fraction of sp³-hybridized carbons (Fsp3) is 0.909. The Balaban J connectivity index is 2.80. The number of nitrogens with one attached hydrogen (secondary N) is 1. The van der Waals surface area contributed by atoms with E-state index in [0.29, 0.717) is 6.42 Å². The molecule has 1 fully saturated rings. The Bertz CT molecular complexity index is 225. The van der Waals surface area contributed by atoms with E-state index in [2.05, 4.69) is 19.2 Å². The fourth-order valence-electron chi connectivity index (χ4n) is 2.61. The zero-order valence-electron chi connectivity index (χ0n) is 9.64. The lowest BCUT2D eigenvalue weighted by Gasteiger charge is -2.40. The first kappa shape index (κ1) is 11.5. The van der Waals surface area contributed by atoms with Crippen molar-refractivity contribution < 1.29 is 9.53 Å². The number of hydrogen-bond donors (Lipinski definition) is 1. The lowest BCUT2D eigenvalue weighted by Crippen LogP contribution is -2.52. The third-order valence-electron chi connectivity index (χ3n) is 3.85. The van der Waals surface area contributed by atoms with Gasteiger partial charge in [0.05, 0.1) is 13.5 Å². The van der Waals surface area contributed by atoms with Gasteiger partial charge < -0.3 is 10.1 Å². The zero-order valence-corrected chi connectivity index (χ0v) is 9.64. The van der Waals surface area contributed by atoms with Crippen LogP contribution >= 0.6 is 0 Å². The molecule has 1 aliphatic carbocycles. The molecule has 0 bridgehead atoms. The molecule has 1 unspecified atom stereocenters. The Morgan fingerprint density at radius 1 is 1.43 bits per heavy atom. The third-order valence-corrected chi connectivity index (χ3v) is 3.85. The number of hydrogen-bond acceptors (Lipinski definition) is 3. The van der Waals surface area contributed by atoms with E-state index in [1.807, 2.05) is 7.05 Å². The highest BCUT2D eigenvalue weighted by Crippen LogP contribution is 2.47. The summed E-state index contributed by atoms with van der Waals surface area (Å²) in [6.07, 6.45) is 3.90. The minimum absolute atomic E-state index is 0.0694. The quantitative estimate of drug-likeness (QED) is 0.703. The average molecular weight is 199 g/mol. The molecule has 0 saturated heterocycles. The van der Waals surface area contributed by atoms with Crippen LogP contribution in [0.2, 0.25) is 0 Å². The number of ether oxygens (including phenoxy) is 1. The smallest absolute Gasteiger partial charge is 0.307 e. The summed E-state index contributed by atoms with van der Waals surface area (Å²) in [5.41, 5.74) is 0.107. The Labute approximate surface area is 86.2 Å². The molecule has 1 N–H and O–H groups in total. The summed E-state index contributed by atoms with van der Waals surface area (Å²) in [5, 5.41) is 3.33. The van der Waals surface area contributed by atoms with Crippen LogP contribution < -0.4 is 5.32 Å². The highest BCUT2D eigenvalue weighted by molar-refractivity contribution is 5.71. The zero-order chi connectivity index (χ0) is 10.8. The second-order valence-electron chi connectivity index (χ2n) is 4.82. The normalized spacial score (nSPS) is 30.3. The van der Waals surface area contributed by atoms with Gasteiger partial charge in [-0.15, -0.1) is 0 Å². The molecule has 0 heterocycles.